The van der Waals surface area contributed by atoms with Crippen molar-refractivity contribution >= 4 is 12.0 Å². The Morgan fingerprint density at radius 2 is 2.07 bits per heavy atom. The second-order valence-corrected chi connectivity index (χ2v) is 3.39. The van der Waals surface area contributed by atoms with Gasteiger partial charge < -0.3 is 15.4 Å². The lowest BCUT2D eigenvalue weighted by Gasteiger charge is -2.19. The number of amides is 2. The predicted octanol–water partition coefficient (Wildman–Crippen LogP) is 0.669. The Kier molecular flexibility index (Phi) is 6.17. The average molecular weight is 214 g/mol. The summed E-state index contributed by atoms with van der Waals surface area (Å²) in [5.74, 6) is -0.467. The molecule has 0 heterocycles. The quantitative estimate of drug-likeness (QED) is 0.522. The van der Waals surface area contributed by atoms with Crippen molar-refractivity contribution in [3.63, 3.8) is 0 Å². The third-order valence-corrected chi connectivity index (χ3v) is 1.82. The van der Waals surface area contributed by atoms with Crippen molar-refractivity contribution < 1.29 is 14.3 Å². The zero-order valence-corrected chi connectivity index (χ0v) is 9.37. The molecule has 0 radical (unpaired) electrons. The summed E-state index contributed by atoms with van der Waals surface area (Å²) in [6, 6.07) is -1.03. The van der Waals surface area contributed by atoms with Gasteiger partial charge in [0, 0.05) is 6.54 Å². The van der Waals surface area contributed by atoms with Crippen molar-refractivity contribution in [1.82, 2.24) is 10.6 Å². The summed E-state index contributed by atoms with van der Waals surface area (Å²) < 4.78 is 4.58. The predicted molar refractivity (Wildman–Crippen MR) is 57.4 cm³/mol. The van der Waals surface area contributed by atoms with Gasteiger partial charge in [0.05, 0.1) is 7.11 Å². The molecule has 0 aromatic rings. The van der Waals surface area contributed by atoms with E-state index in [1.807, 2.05) is 13.8 Å². The van der Waals surface area contributed by atoms with Crippen molar-refractivity contribution in [3.05, 3.63) is 12.7 Å². The van der Waals surface area contributed by atoms with Crippen LogP contribution in [-0.2, 0) is 9.53 Å². The van der Waals surface area contributed by atoms with Crippen molar-refractivity contribution in [2.45, 2.75) is 19.9 Å². The van der Waals surface area contributed by atoms with Crippen LogP contribution < -0.4 is 10.6 Å². The normalized spacial score (nSPS) is 11.7. The van der Waals surface area contributed by atoms with Gasteiger partial charge in [-0.15, -0.1) is 6.58 Å². The number of methoxy groups -OCH3 is 1. The van der Waals surface area contributed by atoms with Crippen LogP contribution >= 0.6 is 0 Å². The Morgan fingerprint density at radius 1 is 1.47 bits per heavy atom. The fourth-order valence-electron chi connectivity index (χ4n) is 0.982. The van der Waals surface area contributed by atoms with E-state index in [2.05, 4.69) is 21.9 Å². The molecular formula is C10H18N2O3. The van der Waals surface area contributed by atoms with Gasteiger partial charge in [-0.05, 0) is 5.92 Å². The summed E-state index contributed by atoms with van der Waals surface area (Å²) in [6.07, 6.45) is 1.56. The Hall–Kier alpha value is -1.52. The highest BCUT2D eigenvalue weighted by Crippen LogP contribution is 2.02. The highest BCUT2D eigenvalue weighted by Gasteiger charge is 2.24. The van der Waals surface area contributed by atoms with E-state index in [4.69, 9.17) is 0 Å². The molecule has 1 atom stereocenters. The number of ether oxygens (including phenoxy) is 1. The molecule has 0 aliphatic rings. The van der Waals surface area contributed by atoms with Crippen LogP contribution in [0.1, 0.15) is 13.8 Å². The fourth-order valence-corrected chi connectivity index (χ4v) is 0.982. The first-order valence-corrected chi connectivity index (χ1v) is 4.76. The number of rotatable bonds is 5. The van der Waals surface area contributed by atoms with Crippen molar-refractivity contribution in [2.24, 2.45) is 5.92 Å². The molecule has 15 heavy (non-hydrogen) atoms. The van der Waals surface area contributed by atoms with E-state index in [1.54, 1.807) is 6.08 Å². The van der Waals surface area contributed by atoms with E-state index in [9.17, 15) is 9.59 Å². The van der Waals surface area contributed by atoms with Crippen LogP contribution in [0.25, 0.3) is 0 Å². The molecule has 5 nitrogen and oxygen atoms in total. The molecule has 5 heteroatoms. The second kappa shape index (κ2) is 6.86. The van der Waals surface area contributed by atoms with Crippen LogP contribution in [0.5, 0.6) is 0 Å². The number of esters is 1. The number of hydrogen-bond acceptors (Lipinski definition) is 3. The summed E-state index contributed by atoms with van der Waals surface area (Å²) in [5, 5.41) is 5.05. The largest absolute Gasteiger partial charge is 0.467 e. The maximum atomic E-state index is 11.3. The second-order valence-electron chi connectivity index (χ2n) is 3.39. The van der Waals surface area contributed by atoms with E-state index in [1.165, 1.54) is 7.11 Å². The fraction of sp³-hybridized carbons (Fsp3) is 0.600. The minimum atomic E-state index is -0.625. The van der Waals surface area contributed by atoms with Gasteiger partial charge in [-0.2, -0.15) is 0 Å². The zero-order valence-electron chi connectivity index (χ0n) is 9.37. The number of carbonyl (C=O) groups excluding carboxylic acids is 2. The zero-order chi connectivity index (χ0) is 11.8. The number of hydrogen-bond donors (Lipinski definition) is 2. The van der Waals surface area contributed by atoms with Crippen LogP contribution in [0, 0.1) is 5.92 Å². The molecule has 0 bridgehead atoms. The van der Waals surface area contributed by atoms with Crippen LogP contribution in [0.4, 0.5) is 4.79 Å². The van der Waals surface area contributed by atoms with Gasteiger partial charge >= 0.3 is 12.0 Å². The molecule has 0 saturated carbocycles. The van der Waals surface area contributed by atoms with Gasteiger partial charge in [0.25, 0.3) is 0 Å². The SMILES string of the molecule is C=CCNC(=O)N[C@H](C(=O)OC)C(C)C. The standard InChI is InChI=1S/C10H18N2O3/c1-5-6-11-10(14)12-8(7(2)3)9(13)15-4/h5,7-8H,1,6H2,2-4H3,(H2,11,12,14)/t8-/m0/s1. The first-order chi connectivity index (χ1) is 7.02. The summed E-state index contributed by atoms with van der Waals surface area (Å²) >= 11 is 0. The Morgan fingerprint density at radius 3 is 2.47 bits per heavy atom. The average Bonchev–Trinajstić information content (AvgIpc) is 2.21. The number of urea groups is 1. The smallest absolute Gasteiger partial charge is 0.328 e. The van der Waals surface area contributed by atoms with E-state index >= 15 is 0 Å². The number of nitrogens with one attached hydrogen (secondary N) is 2. The minimum absolute atomic E-state index is 0.0214. The van der Waals surface area contributed by atoms with Crippen molar-refractivity contribution in [1.29, 1.82) is 0 Å². The van der Waals surface area contributed by atoms with E-state index in [-0.39, 0.29) is 5.92 Å². The summed E-state index contributed by atoms with van der Waals surface area (Å²) in [5.41, 5.74) is 0. The van der Waals surface area contributed by atoms with Crippen LogP contribution in [-0.4, -0.2) is 31.7 Å². The highest BCUT2D eigenvalue weighted by molar-refractivity contribution is 5.83. The van der Waals surface area contributed by atoms with E-state index in [0.29, 0.717) is 6.54 Å². The lowest BCUT2D eigenvalue weighted by Crippen LogP contribution is -2.49. The molecular weight excluding hydrogens is 196 g/mol. The maximum absolute atomic E-state index is 11.3. The maximum Gasteiger partial charge on any atom is 0.328 e. The molecule has 0 aromatic carbocycles. The van der Waals surface area contributed by atoms with Gasteiger partial charge in [0.2, 0.25) is 0 Å². The molecule has 2 amide bonds. The van der Waals surface area contributed by atoms with Crippen molar-refractivity contribution in [3.8, 4) is 0 Å². The van der Waals surface area contributed by atoms with Gasteiger partial charge in [-0.25, -0.2) is 9.59 Å². The summed E-state index contributed by atoms with van der Waals surface area (Å²) in [6.45, 7) is 7.48. The monoisotopic (exact) mass is 214 g/mol. The Bertz CT molecular complexity index is 239. The molecule has 0 spiro atoms. The summed E-state index contributed by atoms with van der Waals surface area (Å²) in [7, 11) is 1.29. The first-order valence-electron chi connectivity index (χ1n) is 4.76. The van der Waals surface area contributed by atoms with Crippen LogP contribution in [0.3, 0.4) is 0 Å². The molecule has 0 aromatic heterocycles. The summed E-state index contributed by atoms with van der Waals surface area (Å²) in [4.78, 5) is 22.5. The number of carbonyl (C=O) groups is 2. The molecule has 86 valence electrons. The molecule has 0 fully saturated rings. The van der Waals surface area contributed by atoms with Gasteiger partial charge in [0.15, 0.2) is 0 Å². The molecule has 2 N–H and O–H groups in total. The van der Waals surface area contributed by atoms with E-state index in [0.717, 1.165) is 0 Å². The van der Waals surface area contributed by atoms with Crippen LogP contribution in [0.15, 0.2) is 12.7 Å². The van der Waals surface area contributed by atoms with Gasteiger partial charge in [-0.3, -0.25) is 0 Å². The van der Waals surface area contributed by atoms with Gasteiger partial charge in [0.1, 0.15) is 6.04 Å². The molecule has 0 rings (SSSR count). The van der Waals surface area contributed by atoms with Gasteiger partial charge in [-0.1, -0.05) is 19.9 Å². The van der Waals surface area contributed by atoms with Crippen LogP contribution in [0.2, 0.25) is 0 Å². The molecule has 0 aliphatic carbocycles. The third kappa shape index (κ3) is 5.05. The third-order valence-electron chi connectivity index (χ3n) is 1.82. The minimum Gasteiger partial charge on any atom is -0.467 e. The highest BCUT2D eigenvalue weighted by atomic mass is 16.5. The lowest BCUT2D eigenvalue weighted by atomic mass is 10.1. The molecule has 0 aliphatic heterocycles. The molecule has 0 unspecified atom stereocenters. The Labute approximate surface area is 89.9 Å². The van der Waals surface area contributed by atoms with Crippen molar-refractivity contribution in [2.75, 3.05) is 13.7 Å². The lowest BCUT2D eigenvalue weighted by molar-refractivity contribution is -0.143. The Balaban J connectivity index is 4.22. The first kappa shape index (κ1) is 13.5. The topological polar surface area (TPSA) is 67.4 Å². The molecule has 0 saturated heterocycles. The van der Waals surface area contributed by atoms with E-state index < -0.39 is 18.0 Å².